The first-order valence-electron chi connectivity index (χ1n) is 7.26. The fraction of sp³-hybridized carbons (Fsp3) is 0.929. The number of hydrogen-bond donors (Lipinski definition) is 2. The molecule has 3 rings (SSSR count). The highest BCUT2D eigenvalue weighted by atomic mass is 16.2. The second-order valence-electron chi connectivity index (χ2n) is 6.41. The zero-order chi connectivity index (χ0) is 11.9. The van der Waals surface area contributed by atoms with Gasteiger partial charge in [0.2, 0.25) is 5.91 Å². The van der Waals surface area contributed by atoms with E-state index in [1.54, 1.807) is 0 Å². The van der Waals surface area contributed by atoms with Crippen LogP contribution in [0.25, 0.3) is 0 Å². The van der Waals surface area contributed by atoms with Crippen molar-refractivity contribution in [2.45, 2.75) is 56.9 Å². The molecule has 0 spiro atoms. The first-order valence-corrected chi connectivity index (χ1v) is 7.26. The monoisotopic (exact) mass is 236 g/mol. The lowest BCUT2D eigenvalue weighted by Gasteiger charge is -2.24. The van der Waals surface area contributed by atoms with Crippen LogP contribution in [0.2, 0.25) is 0 Å². The lowest BCUT2D eigenvalue weighted by Crippen LogP contribution is -2.52. The highest BCUT2D eigenvalue weighted by Crippen LogP contribution is 2.48. The topological polar surface area (TPSA) is 55.1 Å². The Hall–Kier alpha value is -0.570. The quantitative estimate of drug-likeness (QED) is 0.765. The van der Waals surface area contributed by atoms with Crippen LogP contribution in [0.5, 0.6) is 0 Å². The molecule has 0 aromatic rings. The molecule has 3 fully saturated rings. The lowest BCUT2D eigenvalue weighted by molar-refractivity contribution is -0.126. The van der Waals surface area contributed by atoms with E-state index >= 15 is 0 Å². The Bertz CT molecular complexity index is 289. The maximum atomic E-state index is 12.1. The molecular weight excluding hydrogens is 212 g/mol. The average molecular weight is 236 g/mol. The third-order valence-corrected chi connectivity index (χ3v) is 4.90. The van der Waals surface area contributed by atoms with Crippen molar-refractivity contribution >= 4 is 5.91 Å². The summed E-state index contributed by atoms with van der Waals surface area (Å²) in [7, 11) is 0. The fourth-order valence-corrected chi connectivity index (χ4v) is 3.39. The minimum absolute atomic E-state index is 0.112. The Morgan fingerprint density at radius 3 is 2.18 bits per heavy atom. The van der Waals surface area contributed by atoms with Gasteiger partial charge in [-0.3, -0.25) is 4.79 Å². The summed E-state index contributed by atoms with van der Waals surface area (Å²) < 4.78 is 0. The van der Waals surface area contributed by atoms with Gasteiger partial charge in [0.15, 0.2) is 0 Å². The van der Waals surface area contributed by atoms with Crippen molar-refractivity contribution in [3.63, 3.8) is 0 Å². The van der Waals surface area contributed by atoms with Crippen molar-refractivity contribution in [2.75, 3.05) is 6.54 Å². The molecule has 0 heterocycles. The van der Waals surface area contributed by atoms with Crippen LogP contribution in [-0.2, 0) is 4.79 Å². The van der Waals surface area contributed by atoms with Crippen LogP contribution in [0.15, 0.2) is 0 Å². The number of nitrogens with two attached hydrogens (primary N) is 1. The predicted molar refractivity (Wildman–Crippen MR) is 67.3 cm³/mol. The van der Waals surface area contributed by atoms with Crippen molar-refractivity contribution < 1.29 is 4.79 Å². The van der Waals surface area contributed by atoms with Gasteiger partial charge in [0, 0.05) is 6.54 Å². The third kappa shape index (κ3) is 2.49. The fourth-order valence-electron chi connectivity index (χ4n) is 3.39. The number of nitrogens with one attached hydrogen (secondary N) is 1. The third-order valence-electron chi connectivity index (χ3n) is 4.90. The van der Waals surface area contributed by atoms with Crippen molar-refractivity contribution in [2.24, 2.45) is 23.5 Å². The van der Waals surface area contributed by atoms with E-state index in [0.29, 0.717) is 0 Å². The molecule has 0 unspecified atom stereocenters. The molecule has 0 aromatic heterocycles. The second-order valence-corrected chi connectivity index (χ2v) is 6.41. The molecule has 3 aliphatic rings. The lowest BCUT2D eigenvalue weighted by atomic mass is 9.95. The van der Waals surface area contributed by atoms with Crippen molar-refractivity contribution in [1.82, 2.24) is 5.32 Å². The van der Waals surface area contributed by atoms with Crippen LogP contribution >= 0.6 is 0 Å². The number of hydrogen-bond acceptors (Lipinski definition) is 2. The Morgan fingerprint density at radius 1 is 1.18 bits per heavy atom. The normalized spacial score (nSPS) is 27.4. The van der Waals surface area contributed by atoms with Gasteiger partial charge in [-0.2, -0.15) is 0 Å². The summed E-state index contributed by atoms with van der Waals surface area (Å²) in [5.41, 5.74) is 5.62. The summed E-state index contributed by atoms with van der Waals surface area (Å²) in [4.78, 5) is 12.1. The molecule has 0 aliphatic heterocycles. The minimum atomic E-state index is -0.544. The molecule has 1 amide bonds. The van der Waals surface area contributed by atoms with Crippen LogP contribution in [0, 0.1) is 17.8 Å². The Balaban J connectivity index is 1.50. The van der Waals surface area contributed by atoms with Crippen molar-refractivity contribution in [1.29, 1.82) is 0 Å². The van der Waals surface area contributed by atoms with E-state index in [9.17, 15) is 4.79 Å². The van der Waals surface area contributed by atoms with Gasteiger partial charge in [-0.1, -0.05) is 12.8 Å². The summed E-state index contributed by atoms with van der Waals surface area (Å²) in [6, 6.07) is 0. The van der Waals surface area contributed by atoms with E-state index in [0.717, 1.165) is 50.0 Å². The van der Waals surface area contributed by atoms with E-state index in [-0.39, 0.29) is 5.91 Å². The van der Waals surface area contributed by atoms with Gasteiger partial charge >= 0.3 is 0 Å². The molecule has 0 aromatic carbocycles. The molecule has 96 valence electrons. The number of rotatable bonds is 5. The zero-order valence-corrected chi connectivity index (χ0v) is 10.6. The molecule has 0 radical (unpaired) electrons. The van der Waals surface area contributed by atoms with E-state index in [1.807, 2.05) is 0 Å². The van der Waals surface area contributed by atoms with E-state index in [1.165, 1.54) is 25.7 Å². The summed E-state index contributed by atoms with van der Waals surface area (Å²) in [6.07, 6.45) is 9.48. The van der Waals surface area contributed by atoms with Crippen LogP contribution < -0.4 is 11.1 Å². The first-order chi connectivity index (χ1) is 8.19. The number of carbonyl (C=O) groups is 1. The Labute approximate surface area is 104 Å². The predicted octanol–water partition coefficient (Wildman–Crippen LogP) is 1.81. The largest absolute Gasteiger partial charge is 0.354 e. The summed E-state index contributed by atoms with van der Waals surface area (Å²) >= 11 is 0. The molecule has 3 heteroatoms. The second kappa shape index (κ2) is 4.27. The van der Waals surface area contributed by atoms with E-state index < -0.39 is 5.54 Å². The Kier molecular flexibility index (Phi) is 2.89. The van der Waals surface area contributed by atoms with Crippen molar-refractivity contribution in [3.8, 4) is 0 Å². The van der Waals surface area contributed by atoms with Crippen LogP contribution in [0.3, 0.4) is 0 Å². The Morgan fingerprint density at radius 2 is 1.71 bits per heavy atom. The average Bonchev–Trinajstić information content (AvgIpc) is 3.21. The van der Waals surface area contributed by atoms with Crippen molar-refractivity contribution in [3.05, 3.63) is 0 Å². The van der Waals surface area contributed by atoms with Gasteiger partial charge in [-0.05, 0) is 56.3 Å². The van der Waals surface area contributed by atoms with Gasteiger partial charge in [-0.25, -0.2) is 0 Å². The maximum Gasteiger partial charge on any atom is 0.240 e. The van der Waals surface area contributed by atoms with Crippen LogP contribution in [-0.4, -0.2) is 18.0 Å². The van der Waals surface area contributed by atoms with Gasteiger partial charge < -0.3 is 11.1 Å². The van der Waals surface area contributed by atoms with E-state index in [4.69, 9.17) is 5.73 Å². The van der Waals surface area contributed by atoms with Gasteiger partial charge in [0.05, 0.1) is 5.54 Å². The molecule has 3 nitrogen and oxygen atoms in total. The van der Waals surface area contributed by atoms with Gasteiger partial charge in [-0.15, -0.1) is 0 Å². The van der Waals surface area contributed by atoms with Crippen LogP contribution in [0.4, 0.5) is 0 Å². The summed E-state index contributed by atoms with van der Waals surface area (Å²) in [6.45, 7) is 0.882. The summed E-state index contributed by atoms with van der Waals surface area (Å²) in [5.74, 6) is 2.67. The molecule has 17 heavy (non-hydrogen) atoms. The van der Waals surface area contributed by atoms with Gasteiger partial charge in [0.25, 0.3) is 0 Å². The van der Waals surface area contributed by atoms with Gasteiger partial charge in [0.1, 0.15) is 0 Å². The molecular formula is C14H24N2O. The highest BCUT2D eigenvalue weighted by Gasteiger charge is 2.42. The maximum absolute atomic E-state index is 12.1. The molecule has 0 bridgehead atoms. The minimum Gasteiger partial charge on any atom is -0.354 e. The molecule has 0 atom stereocenters. The standard InChI is InChI=1S/C14H24N2O/c15-14(7-1-2-8-14)13(17)16-9-12(10-3-4-10)11-5-6-11/h10-12H,1-9,15H2,(H,16,17). The first kappa shape index (κ1) is 11.5. The summed E-state index contributed by atoms with van der Waals surface area (Å²) in [5, 5.41) is 3.14. The smallest absolute Gasteiger partial charge is 0.240 e. The zero-order valence-electron chi connectivity index (χ0n) is 10.6. The van der Waals surface area contributed by atoms with E-state index in [2.05, 4.69) is 5.32 Å². The SMILES string of the molecule is NC1(C(=O)NCC(C2CC2)C2CC2)CCCC1. The number of amides is 1. The number of carbonyl (C=O) groups excluding carboxylic acids is 1. The molecule has 3 aliphatic carbocycles. The molecule has 3 N–H and O–H groups in total. The highest BCUT2D eigenvalue weighted by molar-refractivity contribution is 5.86. The molecule has 3 saturated carbocycles. The molecule has 0 saturated heterocycles. The van der Waals surface area contributed by atoms with Crippen LogP contribution in [0.1, 0.15) is 51.4 Å².